The standard InChI is InChI=1S/C32H44F3N3O3/c1-4-5-6-7-8-9-10-11-12-19-39-30-22-27-25(20-31(30)41-32(33,34)35)26(36-24-15-17-38(3)18-16-24)21-28(37-27)29-14-13-23(2)40-29/h13-14,20-22,24H,4-12,15-19H2,1-3H3,(H,36,37). The van der Waals surface area contributed by atoms with Gasteiger partial charge in [0.2, 0.25) is 0 Å². The summed E-state index contributed by atoms with van der Waals surface area (Å²) in [6.07, 6.45) is 7.33. The molecule has 0 unspecified atom stereocenters. The Kier molecular flexibility index (Phi) is 11.2. The smallest absolute Gasteiger partial charge is 0.490 e. The molecule has 3 aromatic rings. The lowest BCUT2D eigenvalue weighted by Crippen LogP contribution is -2.36. The molecule has 1 aromatic carbocycles. The number of rotatable bonds is 15. The van der Waals surface area contributed by atoms with Gasteiger partial charge in [-0.3, -0.25) is 0 Å². The maximum Gasteiger partial charge on any atom is 0.573 e. The molecule has 41 heavy (non-hydrogen) atoms. The number of benzene rings is 1. The van der Waals surface area contributed by atoms with Crippen LogP contribution in [0.1, 0.15) is 83.3 Å². The first-order valence-corrected chi connectivity index (χ1v) is 15.1. The molecule has 9 heteroatoms. The van der Waals surface area contributed by atoms with Crippen LogP contribution in [0.2, 0.25) is 0 Å². The minimum atomic E-state index is -4.84. The Morgan fingerprint density at radius 1 is 0.951 bits per heavy atom. The first-order valence-electron chi connectivity index (χ1n) is 15.1. The lowest BCUT2D eigenvalue weighted by atomic mass is 10.0. The maximum atomic E-state index is 13.4. The summed E-state index contributed by atoms with van der Waals surface area (Å²) in [5, 5.41) is 4.12. The number of fused-ring (bicyclic) bond motifs is 1. The van der Waals surface area contributed by atoms with Crippen molar-refractivity contribution in [2.24, 2.45) is 0 Å². The molecule has 4 rings (SSSR count). The summed E-state index contributed by atoms with van der Waals surface area (Å²) in [6, 6.07) is 8.71. The van der Waals surface area contributed by atoms with Gasteiger partial charge in [0.05, 0.1) is 12.1 Å². The van der Waals surface area contributed by atoms with E-state index in [1.165, 1.54) is 44.6 Å². The van der Waals surface area contributed by atoms with Gasteiger partial charge in [-0.1, -0.05) is 58.3 Å². The van der Waals surface area contributed by atoms with Crippen molar-refractivity contribution in [2.75, 3.05) is 32.1 Å². The third-order valence-corrected chi connectivity index (χ3v) is 7.68. The number of ether oxygens (including phenoxy) is 2. The topological polar surface area (TPSA) is 59.8 Å². The zero-order valence-electron chi connectivity index (χ0n) is 24.6. The summed E-state index contributed by atoms with van der Waals surface area (Å²) in [6.45, 7) is 6.28. The first kappa shape index (κ1) is 31.0. The monoisotopic (exact) mass is 575 g/mol. The number of furan rings is 1. The van der Waals surface area contributed by atoms with Crippen LogP contribution in [0, 0.1) is 6.92 Å². The minimum Gasteiger partial charge on any atom is -0.490 e. The summed E-state index contributed by atoms with van der Waals surface area (Å²) in [4.78, 5) is 7.03. The molecular formula is C32H44F3N3O3. The van der Waals surface area contributed by atoms with Crippen LogP contribution in [-0.2, 0) is 0 Å². The molecule has 3 heterocycles. The van der Waals surface area contributed by atoms with Gasteiger partial charge < -0.3 is 24.1 Å². The van der Waals surface area contributed by atoms with E-state index in [1.807, 2.05) is 25.1 Å². The molecule has 1 N–H and O–H groups in total. The number of likely N-dealkylation sites (tertiary alicyclic amines) is 1. The number of halogens is 3. The Hall–Kier alpha value is -2.94. The Morgan fingerprint density at radius 3 is 2.27 bits per heavy atom. The van der Waals surface area contributed by atoms with Crippen LogP contribution < -0.4 is 14.8 Å². The van der Waals surface area contributed by atoms with E-state index in [9.17, 15) is 13.2 Å². The van der Waals surface area contributed by atoms with Crippen molar-refractivity contribution in [1.29, 1.82) is 0 Å². The van der Waals surface area contributed by atoms with Gasteiger partial charge in [0.1, 0.15) is 11.5 Å². The highest BCUT2D eigenvalue weighted by atomic mass is 19.4. The SMILES string of the molecule is CCCCCCCCCCCOc1cc2nc(-c3ccc(C)o3)cc(NC3CCN(C)CC3)c2cc1OC(F)(F)F. The third kappa shape index (κ3) is 9.55. The zero-order chi connectivity index (χ0) is 29.2. The highest BCUT2D eigenvalue weighted by Crippen LogP contribution is 2.40. The Morgan fingerprint density at radius 2 is 1.63 bits per heavy atom. The molecule has 6 nitrogen and oxygen atoms in total. The van der Waals surface area contributed by atoms with Crippen molar-refractivity contribution in [1.82, 2.24) is 9.88 Å². The number of hydrogen-bond donors (Lipinski definition) is 1. The largest absolute Gasteiger partial charge is 0.573 e. The van der Waals surface area contributed by atoms with Crippen LogP contribution >= 0.6 is 0 Å². The molecule has 0 atom stereocenters. The molecule has 0 amide bonds. The number of alkyl halides is 3. The Labute approximate surface area is 241 Å². The second-order valence-electron chi connectivity index (χ2n) is 11.2. The fraction of sp³-hybridized carbons (Fsp3) is 0.594. The maximum absolute atomic E-state index is 13.4. The minimum absolute atomic E-state index is 0.0416. The van der Waals surface area contributed by atoms with E-state index in [4.69, 9.17) is 14.1 Å². The summed E-state index contributed by atoms with van der Waals surface area (Å²) < 4.78 is 56.5. The van der Waals surface area contributed by atoms with E-state index in [-0.39, 0.29) is 17.5 Å². The molecular weight excluding hydrogens is 531 g/mol. The summed E-state index contributed by atoms with van der Waals surface area (Å²) in [5.41, 5.74) is 1.82. The highest BCUT2D eigenvalue weighted by molar-refractivity contribution is 5.95. The number of unbranched alkanes of at least 4 members (excludes halogenated alkanes) is 8. The van der Waals surface area contributed by atoms with E-state index in [0.29, 0.717) is 34.7 Å². The van der Waals surface area contributed by atoms with Gasteiger partial charge in [-0.15, -0.1) is 13.2 Å². The Bertz CT molecular complexity index is 1240. The number of piperidine rings is 1. The number of pyridine rings is 1. The van der Waals surface area contributed by atoms with Crippen molar-refractivity contribution >= 4 is 16.6 Å². The highest BCUT2D eigenvalue weighted by Gasteiger charge is 2.33. The average Bonchev–Trinajstić information content (AvgIpc) is 3.36. The van der Waals surface area contributed by atoms with Crippen LogP contribution in [0.4, 0.5) is 18.9 Å². The van der Waals surface area contributed by atoms with E-state index in [1.54, 1.807) is 6.07 Å². The Balaban J connectivity index is 1.55. The fourth-order valence-corrected chi connectivity index (χ4v) is 5.34. The van der Waals surface area contributed by atoms with Crippen LogP contribution in [0.5, 0.6) is 11.5 Å². The van der Waals surface area contributed by atoms with Crippen molar-refractivity contribution in [3.05, 3.63) is 36.1 Å². The molecule has 0 bridgehead atoms. The van der Waals surface area contributed by atoms with Crippen molar-refractivity contribution in [3.63, 3.8) is 0 Å². The molecule has 0 aliphatic carbocycles. The van der Waals surface area contributed by atoms with Crippen molar-refractivity contribution < 1.29 is 27.1 Å². The fourth-order valence-electron chi connectivity index (χ4n) is 5.34. The average molecular weight is 576 g/mol. The normalized spacial score (nSPS) is 15.0. The molecule has 226 valence electrons. The quantitative estimate of drug-likeness (QED) is 0.182. The summed E-state index contributed by atoms with van der Waals surface area (Å²) in [7, 11) is 2.09. The van der Waals surface area contributed by atoms with Crippen molar-refractivity contribution in [2.45, 2.75) is 96.9 Å². The molecule has 1 saturated heterocycles. The molecule has 1 fully saturated rings. The van der Waals surface area contributed by atoms with Crippen molar-refractivity contribution in [3.8, 4) is 23.0 Å². The van der Waals surface area contributed by atoms with Crippen LogP contribution in [0.3, 0.4) is 0 Å². The van der Waals surface area contributed by atoms with E-state index >= 15 is 0 Å². The van der Waals surface area contributed by atoms with Crippen LogP contribution in [0.25, 0.3) is 22.4 Å². The summed E-state index contributed by atoms with van der Waals surface area (Å²) in [5.74, 6) is 1.05. The number of anilines is 1. The number of aryl methyl sites for hydroxylation is 1. The van der Waals surface area contributed by atoms with Gasteiger partial charge in [-0.05, 0) is 70.6 Å². The van der Waals surface area contributed by atoms with E-state index in [0.717, 1.165) is 51.0 Å². The predicted molar refractivity (Wildman–Crippen MR) is 158 cm³/mol. The lowest BCUT2D eigenvalue weighted by Gasteiger charge is -2.30. The molecule has 0 radical (unpaired) electrons. The number of nitrogens with zero attached hydrogens (tertiary/aromatic N) is 2. The van der Waals surface area contributed by atoms with Gasteiger partial charge in [-0.2, -0.15) is 0 Å². The third-order valence-electron chi connectivity index (χ3n) is 7.68. The molecule has 1 aliphatic rings. The second kappa shape index (κ2) is 14.8. The lowest BCUT2D eigenvalue weighted by molar-refractivity contribution is -0.275. The summed E-state index contributed by atoms with van der Waals surface area (Å²) >= 11 is 0. The van der Waals surface area contributed by atoms with Gasteiger partial charge >= 0.3 is 6.36 Å². The molecule has 1 aliphatic heterocycles. The number of aromatic nitrogens is 1. The first-order chi connectivity index (χ1) is 19.7. The van der Waals surface area contributed by atoms with Crippen LogP contribution in [-0.4, -0.2) is 49.0 Å². The number of hydrogen-bond acceptors (Lipinski definition) is 6. The molecule has 0 spiro atoms. The molecule has 0 saturated carbocycles. The van der Waals surface area contributed by atoms with E-state index in [2.05, 4.69) is 28.9 Å². The van der Waals surface area contributed by atoms with Gasteiger partial charge in [-0.25, -0.2) is 4.98 Å². The second-order valence-corrected chi connectivity index (χ2v) is 11.2. The van der Waals surface area contributed by atoms with Gasteiger partial charge in [0.15, 0.2) is 17.3 Å². The van der Waals surface area contributed by atoms with Gasteiger partial charge in [0.25, 0.3) is 0 Å². The van der Waals surface area contributed by atoms with Crippen LogP contribution in [0.15, 0.2) is 34.7 Å². The zero-order valence-corrected chi connectivity index (χ0v) is 24.6. The predicted octanol–water partition coefficient (Wildman–Crippen LogP) is 9.12. The van der Waals surface area contributed by atoms with Gasteiger partial charge in [0, 0.05) is 23.2 Å². The molecule has 2 aromatic heterocycles. The number of nitrogens with one attached hydrogen (secondary N) is 1. The van der Waals surface area contributed by atoms with E-state index < -0.39 is 6.36 Å².